The Morgan fingerprint density at radius 2 is 2.00 bits per heavy atom. The van der Waals surface area contributed by atoms with Gasteiger partial charge in [0.05, 0.1) is 5.39 Å². The number of hydrogen-bond acceptors (Lipinski definition) is 4. The Bertz CT molecular complexity index is 940. The largest absolute Gasteiger partial charge is 0.353 e. The minimum Gasteiger partial charge on any atom is -0.353 e. The number of carbonyl (C=O) groups is 1. The first-order chi connectivity index (χ1) is 11.1. The predicted molar refractivity (Wildman–Crippen MR) is 84.1 cm³/mol. The summed E-state index contributed by atoms with van der Waals surface area (Å²) in [5.74, 6) is -0.187. The minimum atomic E-state index is -0.541. The zero-order valence-electron chi connectivity index (χ0n) is 12.2. The lowest BCUT2D eigenvalue weighted by Crippen LogP contribution is -2.39. The van der Waals surface area contributed by atoms with Crippen molar-refractivity contribution < 1.29 is 4.79 Å². The predicted octanol–water partition coefficient (Wildman–Crippen LogP) is -0.297. The molecule has 0 bridgehead atoms. The third-order valence-electron chi connectivity index (χ3n) is 3.40. The van der Waals surface area contributed by atoms with Gasteiger partial charge < -0.3 is 9.88 Å². The lowest BCUT2D eigenvalue weighted by molar-refractivity contribution is -0.121. The molecule has 3 heterocycles. The second-order valence-corrected chi connectivity index (χ2v) is 4.99. The fourth-order valence-corrected chi connectivity index (χ4v) is 2.29. The molecule has 0 saturated heterocycles. The SMILES string of the molecule is O=C(Cn1cccc1)NCCn1c(=O)[nH]c2ncccc2c1=O. The molecule has 0 radical (unpaired) electrons. The highest BCUT2D eigenvalue weighted by molar-refractivity contribution is 5.75. The molecule has 23 heavy (non-hydrogen) atoms. The molecule has 2 N–H and O–H groups in total. The molecule has 118 valence electrons. The van der Waals surface area contributed by atoms with Crippen LogP contribution in [0.4, 0.5) is 0 Å². The molecule has 0 atom stereocenters. The van der Waals surface area contributed by atoms with E-state index < -0.39 is 11.2 Å². The molecule has 0 aliphatic heterocycles. The van der Waals surface area contributed by atoms with Crippen LogP contribution in [0, 0.1) is 0 Å². The number of nitrogens with zero attached hydrogens (tertiary/aromatic N) is 3. The Kier molecular flexibility index (Phi) is 4.05. The summed E-state index contributed by atoms with van der Waals surface area (Å²) in [6.45, 7) is 0.477. The van der Waals surface area contributed by atoms with Crippen LogP contribution in [0.2, 0.25) is 0 Å². The molecule has 8 nitrogen and oxygen atoms in total. The molecule has 0 aromatic carbocycles. The number of aromatic nitrogens is 4. The van der Waals surface area contributed by atoms with Crippen molar-refractivity contribution in [3.8, 4) is 0 Å². The summed E-state index contributed by atoms with van der Waals surface area (Å²) < 4.78 is 2.79. The van der Waals surface area contributed by atoms with Crippen LogP contribution in [0.1, 0.15) is 0 Å². The number of fused-ring (bicyclic) bond motifs is 1. The fourth-order valence-electron chi connectivity index (χ4n) is 2.29. The molecule has 3 aromatic rings. The Morgan fingerprint density at radius 3 is 2.78 bits per heavy atom. The standard InChI is InChI=1S/C15H15N5O3/c21-12(10-19-7-1-2-8-19)16-6-9-20-14(22)11-4-3-5-17-13(11)18-15(20)23/h1-5,7-8H,6,9-10H2,(H,16,21)(H,17,18,23). The van der Waals surface area contributed by atoms with Crippen LogP contribution < -0.4 is 16.6 Å². The van der Waals surface area contributed by atoms with Gasteiger partial charge >= 0.3 is 5.69 Å². The number of hydrogen-bond donors (Lipinski definition) is 2. The number of amides is 1. The van der Waals surface area contributed by atoms with Gasteiger partial charge in [-0.25, -0.2) is 9.78 Å². The Labute approximate surface area is 130 Å². The Hall–Kier alpha value is -3.16. The van der Waals surface area contributed by atoms with E-state index in [-0.39, 0.29) is 31.2 Å². The van der Waals surface area contributed by atoms with E-state index >= 15 is 0 Å². The topological polar surface area (TPSA) is 102 Å². The third-order valence-corrected chi connectivity index (χ3v) is 3.40. The van der Waals surface area contributed by atoms with Crippen molar-refractivity contribution in [1.82, 2.24) is 24.4 Å². The zero-order valence-corrected chi connectivity index (χ0v) is 12.2. The molecule has 0 fully saturated rings. The minimum absolute atomic E-state index is 0.0937. The van der Waals surface area contributed by atoms with Gasteiger partial charge in [-0.05, 0) is 24.3 Å². The third kappa shape index (κ3) is 3.20. The van der Waals surface area contributed by atoms with Crippen LogP contribution in [0.5, 0.6) is 0 Å². The van der Waals surface area contributed by atoms with Crippen LogP contribution in [0.3, 0.4) is 0 Å². The van der Waals surface area contributed by atoms with E-state index in [4.69, 9.17) is 0 Å². The number of rotatable bonds is 5. The molecule has 0 spiro atoms. The second-order valence-electron chi connectivity index (χ2n) is 4.99. The van der Waals surface area contributed by atoms with Gasteiger partial charge in [-0.3, -0.25) is 19.1 Å². The molecule has 3 rings (SSSR count). The zero-order chi connectivity index (χ0) is 16.2. The number of carbonyl (C=O) groups excluding carboxylic acids is 1. The van der Waals surface area contributed by atoms with Gasteiger partial charge in [0.15, 0.2) is 0 Å². The van der Waals surface area contributed by atoms with Gasteiger partial charge in [0.1, 0.15) is 12.2 Å². The lowest BCUT2D eigenvalue weighted by Gasteiger charge is -2.08. The van der Waals surface area contributed by atoms with E-state index in [1.165, 1.54) is 6.20 Å². The van der Waals surface area contributed by atoms with E-state index in [1.54, 1.807) is 29.1 Å². The summed E-state index contributed by atoms with van der Waals surface area (Å²) in [5.41, 5.74) is -0.701. The van der Waals surface area contributed by atoms with Crippen molar-refractivity contribution in [2.75, 3.05) is 6.54 Å². The van der Waals surface area contributed by atoms with Crippen molar-refractivity contribution in [1.29, 1.82) is 0 Å². The molecule has 0 aliphatic carbocycles. The quantitative estimate of drug-likeness (QED) is 0.675. The van der Waals surface area contributed by atoms with Crippen molar-refractivity contribution in [3.63, 3.8) is 0 Å². The van der Waals surface area contributed by atoms with Crippen LogP contribution in [0.15, 0.2) is 52.4 Å². The maximum atomic E-state index is 12.3. The van der Waals surface area contributed by atoms with E-state index in [2.05, 4.69) is 15.3 Å². The van der Waals surface area contributed by atoms with Crippen molar-refractivity contribution >= 4 is 16.9 Å². The molecule has 0 saturated carbocycles. The molecule has 0 aliphatic rings. The first-order valence-electron chi connectivity index (χ1n) is 7.10. The van der Waals surface area contributed by atoms with Gasteiger partial charge in [-0.15, -0.1) is 0 Å². The summed E-state index contributed by atoms with van der Waals surface area (Å²) in [6.07, 6.45) is 5.07. The number of H-pyrrole nitrogens is 1. The van der Waals surface area contributed by atoms with E-state index in [9.17, 15) is 14.4 Å². The first kappa shape index (κ1) is 14.8. The van der Waals surface area contributed by atoms with Crippen LogP contribution >= 0.6 is 0 Å². The first-order valence-corrected chi connectivity index (χ1v) is 7.10. The molecule has 1 amide bonds. The maximum absolute atomic E-state index is 12.3. The number of nitrogens with one attached hydrogen (secondary N) is 2. The normalized spacial score (nSPS) is 10.8. The van der Waals surface area contributed by atoms with Crippen molar-refractivity contribution in [3.05, 3.63) is 63.7 Å². The average molecular weight is 313 g/mol. The number of aromatic amines is 1. The highest BCUT2D eigenvalue weighted by atomic mass is 16.2. The molecule has 3 aromatic heterocycles. The van der Waals surface area contributed by atoms with Crippen molar-refractivity contribution in [2.45, 2.75) is 13.1 Å². The van der Waals surface area contributed by atoms with E-state index in [0.29, 0.717) is 5.39 Å². The summed E-state index contributed by atoms with van der Waals surface area (Å²) in [4.78, 5) is 42.5. The van der Waals surface area contributed by atoms with Crippen LogP contribution in [0.25, 0.3) is 11.0 Å². The monoisotopic (exact) mass is 313 g/mol. The summed E-state index contributed by atoms with van der Waals surface area (Å²) in [7, 11) is 0. The summed E-state index contributed by atoms with van der Waals surface area (Å²) in [5, 5.41) is 3.02. The fraction of sp³-hybridized carbons (Fsp3) is 0.200. The summed E-state index contributed by atoms with van der Waals surface area (Å²) in [6, 6.07) is 6.89. The highest BCUT2D eigenvalue weighted by Gasteiger charge is 2.08. The van der Waals surface area contributed by atoms with Crippen LogP contribution in [-0.4, -0.2) is 31.6 Å². The van der Waals surface area contributed by atoms with E-state index in [1.807, 2.05) is 12.1 Å². The van der Waals surface area contributed by atoms with Gasteiger partial charge in [0.2, 0.25) is 5.91 Å². The summed E-state index contributed by atoms with van der Waals surface area (Å²) >= 11 is 0. The highest BCUT2D eigenvalue weighted by Crippen LogP contribution is 1.98. The van der Waals surface area contributed by atoms with Gasteiger partial charge in [-0.2, -0.15) is 0 Å². The van der Waals surface area contributed by atoms with Gasteiger partial charge in [-0.1, -0.05) is 0 Å². The average Bonchev–Trinajstić information content (AvgIpc) is 3.03. The molecular formula is C15H15N5O3. The molecular weight excluding hydrogens is 298 g/mol. The lowest BCUT2D eigenvalue weighted by atomic mass is 10.3. The van der Waals surface area contributed by atoms with E-state index in [0.717, 1.165) is 4.57 Å². The van der Waals surface area contributed by atoms with Gasteiger partial charge in [0, 0.05) is 31.7 Å². The molecule has 0 unspecified atom stereocenters. The number of pyridine rings is 1. The Balaban J connectivity index is 1.69. The Morgan fingerprint density at radius 1 is 1.22 bits per heavy atom. The second kappa shape index (κ2) is 6.30. The van der Waals surface area contributed by atoms with Gasteiger partial charge in [0.25, 0.3) is 5.56 Å². The maximum Gasteiger partial charge on any atom is 0.330 e. The van der Waals surface area contributed by atoms with Crippen molar-refractivity contribution in [2.24, 2.45) is 0 Å². The molecule has 8 heteroatoms. The van der Waals surface area contributed by atoms with Crippen LogP contribution in [-0.2, 0) is 17.9 Å². The smallest absolute Gasteiger partial charge is 0.330 e.